The van der Waals surface area contributed by atoms with E-state index in [4.69, 9.17) is 14.2 Å². The fraction of sp³-hybridized carbons (Fsp3) is 0.550. The predicted octanol–water partition coefficient (Wildman–Crippen LogP) is 3.10. The molecule has 2 aromatic rings. The third-order valence-electron chi connectivity index (χ3n) is 4.90. The monoisotopic (exact) mass is 359 g/mol. The van der Waals surface area contributed by atoms with Crippen molar-refractivity contribution in [1.29, 1.82) is 0 Å². The Bertz CT molecular complexity index is 695. The molecular weight excluding hydrogens is 330 g/mol. The van der Waals surface area contributed by atoms with Crippen LogP contribution in [0.2, 0.25) is 0 Å². The van der Waals surface area contributed by atoms with Gasteiger partial charge >= 0.3 is 0 Å². The fourth-order valence-electron chi connectivity index (χ4n) is 3.48. The largest absolute Gasteiger partial charge is 0.497 e. The summed E-state index contributed by atoms with van der Waals surface area (Å²) >= 11 is 0. The average Bonchev–Trinajstić information content (AvgIpc) is 3.33. The van der Waals surface area contributed by atoms with Crippen molar-refractivity contribution in [3.05, 3.63) is 42.0 Å². The second kappa shape index (κ2) is 9.05. The summed E-state index contributed by atoms with van der Waals surface area (Å²) in [6.07, 6.45) is 6.43. The molecule has 3 rings (SSSR count). The van der Waals surface area contributed by atoms with E-state index in [1.165, 1.54) is 5.69 Å². The zero-order valence-electron chi connectivity index (χ0n) is 16.0. The van der Waals surface area contributed by atoms with E-state index >= 15 is 0 Å². The molecule has 0 spiro atoms. The number of nitrogens with zero attached hydrogens (tertiary/aromatic N) is 3. The van der Waals surface area contributed by atoms with Crippen LogP contribution >= 0.6 is 0 Å². The lowest BCUT2D eigenvalue weighted by molar-refractivity contribution is 0.0668. The number of aryl methyl sites for hydroxylation is 1. The van der Waals surface area contributed by atoms with Gasteiger partial charge in [0, 0.05) is 50.6 Å². The number of ether oxygens (including phenoxy) is 3. The van der Waals surface area contributed by atoms with Gasteiger partial charge in [-0.2, -0.15) is 0 Å². The van der Waals surface area contributed by atoms with Gasteiger partial charge in [0.2, 0.25) is 0 Å². The lowest BCUT2D eigenvalue weighted by atomic mass is 10.1. The molecule has 0 N–H and O–H groups in total. The van der Waals surface area contributed by atoms with Crippen LogP contribution in [-0.2, 0) is 24.4 Å². The van der Waals surface area contributed by atoms with E-state index in [0.717, 1.165) is 62.7 Å². The van der Waals surface area contributed by atoms with Crippen molar-refractivity contribution < 1.29 is 14.2 Å². The highest BCUT2D eigenvalue weighted by molar-refractivity contribution is 5.40. The van der Waals surface area contributed by atoms with Gasteiger partial charge in [-0.3, -0.25) is 4.90 Å². The predicted molar refractivity (Wildman–Crippen MR) is 101 cm³/mol. The summed E-state index contributed by atoms with van der Waals surface area (Å²) in [4.78, 5) is 6.73. The summed E-state index contributed by atoms with van der Waals surface area (Å²) in [5, 5.41) is 0. The van der Waals surface area contributed by atoms with Crippen LogP contribution in [0.1, 0.15) is 31.0 Å². The standard InChI is InChI=1S/C20H29N3O3/c1-4-23-15-21-11-17(23)13-22(14-19-6-5-9-26-19)12-16-7-8-18(24-2)10-20(16)25-3/h7-8,10-11,15,19H,4-6,9,12-14H2,1-3H3/t19-/m1/s1. The first-order chi connectivity index (χ1) is 12.7. The smallest absolute Gasteiger partial charge is 0.127 e. The van der Waals surface area contributed by atoms with E-state index in [0.29, 0.717) is 6.10 Å². The van der Waals surface area contributed by atoms with Crippen LogP contribution in [0.4, 0.5) is 0 Å². The minimum absolute atomic E-state index is 0.303. The minimum atomic E-state index is 0.303. The zero-order chi connectivity index (χ0) is 18.4. The Morgan fingerprint density at radius 3 is 2.85 bits per heavy atom. The van der Waals surface area contributed by atoms with Crippen LogP contribution in [-0.4, -0.2) is 47.9 Å². The molecule has 0 bridgehead atoms. The van der Waals surface area contributed by atoms with Gasteiger partial charge in [0.15, 0.2) is 0 Å². The first-order valence-corrected chi connectivity index (χ1v) is 9.27. The molecule has 1 saturated heterocycles. The summed E-state index contributed by atoms with van der Waals surface area (Å²) in [6.45, 7) is 6.48. The summed E-state index contributed by atoms with van der Waals surface area (Å²) in [5.41, 5.74) is 2.37. The van der Waals surface area contributed by atoms with Gasteiger partial charge in [0.1, 0.15) is 11.5 Å². The van der Waals surface area contributed by atoms with Gasteiger partial charge in [-0.1, -0.05) is 6.07 Å². The van der Waals surface area contributed by atoms with E-state index in [9.17, 15) is 0 Å². The Morgan fingerprint density at radius 1 is 1.27 bits per heavy atom. The summed E-state index contributed by atoms with van der Waals surface area (Å²) in [6, 6.07) is 6.01. The van der Waals surface area contributed by atoms with Gasteiger partial charge in [-0.25, -0.2) is 4.98 Å². The van der Waals surface area contributed by atoms with Crippen LogP contribution in [0.25, 0.3) is 0 Å². The molecule has 1 atom stereocenters. The molecule has 0 amide bonds. The van der Waals surface area contributed by atoms with Crippen LogP contribution in [0.5, 0.6) is 11.5 Å². The van der Waals surface area contributed by atoms with Gasteiger partial charge in [-0.05, 0) is 25.8 Å². The number of hydrogen-bond donors (Lipinski definition) is 0. The number of methoxy groups -OCH3 is 2. The lowest BCUT2D eigenvalue weighted by Gasteiger charge is -2.26. The minimum Gasteiger partial charge on any atom is -0.497 e. The number of aromatic nitrogens is 2. The number of rotatable bonds is 9. The van der Waals surface area contributed by atoms with E-state index in [1.54, 1.807) is 14.2 Å². The van der Waals surface area contributed by atoms with Crippen molar-refractivity contribution in [2.24, 2.45) is 0 Å². The molecule has 1 aromatic heterocycles. The molecule has 6 nitrogen and oxygen atoms in total. The highest BCUT2D eigenvalue weighted by atomic mass is 16.5. The van der Waals surface area contributed by atoms with Crippen molar-refractivity contribution in [3.63, 3.8) is 0 Å². The molecule has 2 heterocycles. The van der Waals surface area contributed by atoms with E-state index in [-0.39, 0.29) is 0 Å². The molecule has 0 saturated carbocycles. The zero-order valence-corrected chi connectivity index (χ0v) is 16.0. The maximum atomic E-state index is 5.87. The Balaban J connectivity index is 1.78. The molecule has 1 aliphatic rings. The third-order valence-corrected chi connectivity index (χ3v) is 4.90. The second-order valence-corrected chi connectivity index (χ2v) is 6.65. The molecule has 142 valence electrons. The highest BCUT2D eigenvalue weighted by Crippen LogP contribution is 2.27. The van der Waals surface area contributed by atoms with Gasteiger partial charge in [-0.15, -0.1) is 0 Å². The molecule has 0 aliphatic carbocycles. The SMILES string of the molecule is CCn1cncc1CN(Cc1ccc(OC)cc1OC)C[C@H]1CCCO1. The molecule has 6 heteroatoms. The quantitative estimate of drug-likeness (QED) is 0.689. The molecular formula is C20H29N3O3. The van der Waals surface area contributed by atoms with Crippen LogP contribution < -0.4 is 9.47 Å². The van der Waals surface area contributed by atoms with E-state index in [2.05, 4.69) is 27.4 Å². The highest BCUT2D eigenvalue weighted by Gasteiger charge is 2.21. The van der Waals surface area contributed by atoms with Crippen LogP contribution in [0.3, 0.4) is 0 Å². The molecule has 1 aromatic carbocycles. The molecule has 26 heavy (non-hydrogen) atoms. The van der Waals surface area contributed by atoms with Crippen molar-refractivity contribution in [1.82, 2.24) is 14.5 Å². The first-order valence-electron chi connectivity index (χ1n) is 9.27. The van der Waals surface area contributed by atoms with Crippen LogP contribution in [0, 0.1) is 0 Å². The van der Waals surface area contributed by atoms with Crippen molar-refractivity contribution in [2.45, 2.75) is 45.5 Å². The van der Waals surface area contributed by atoms with Crippen molar-refractivity contribution in [3.8, 4) is 11.5 Å². The second-order valence-electron chi connectivity index (χ2n) is 6.65. The Hall–Kier alpha value is -2.05. The Kier molecular flexibility index (Phi) is 6.52. The summed E-state index contributed by atoms with van der Waals surface area (Å²) < 4.78 is 19.0. The van der Waals surface area contributed by atoms with Gasteiger partial charge < -0.3 is 18.8 Å². The van der Waals surface area contributed by atoms with Crippen molar-refractivity contribution in [2.75, 3.05) is 27.4 Å². The van der Waals surface area contributed by atoms with E-state index < -0.39 is 0 Å². The summed E-state index contributed by atoms with van der Waals surface area (Å²) in [7, 11) is 3.37. The molecule has 1 fully saturated rings. The average molecular weight is 359 g/mol. The maximum absolute atomic E-state index is 5.87. The Morgan fingerprint density at radius 2 is 2.15 bits per heavy atom. The number of imidazole rings is 1. The van der Waals surface area contributed by atoms with Gasteiger partial charge in [0.05, 0.1) is 32.3 Å². The molecule has 1 aliphatic heterocycles. The maximum Gasteiger partial charge on any atom is 0.127 e. The Labute approximate surface area is 155 Å². The first kappa shape index (κ1) is 18.7. The summed E-state index contributed by atoms with van der Waals surface area (Å²) in [5.74, 6) is 1.66. The number of hydrogen-bond acceptors (Lipinski definition) is 5. The lowest BCUT2D eigenvalue weighted by Crippen LogP contribution is -2.32. The topological polar surface area (TPSA) is 48.8 Å². The fourth-order valence-corrected chi connectivity index (χ4v) is 3.48. The van der Waals surface area contributed by atoms with Crippen LogP contribution in [0.15, 0.2) is 30.7 Å². The third kappa shape index (κ3) is 4.56. The van der Waals surface area contributed by atoms with E-state index in [1.807, 2.05) is 24.7 Å². The molecule has 0 radical (unpaired) electrons. The molecule has 0 unspecified atom stereocenters. The van der Waals surface area contributed by atoms with Gasteiger partial charge in [0.25, 0.3) is 0 Å². The normalized spacial score (nSPS) is 17.0. The van der Waals surface area contributed by atoms with Crippen molar-refractivity contribution >= 4 is 0 Å². The number of benzene rings is 1.